The Morgan fingerprint density at radius 2 is 2.00 bits per heavy atom. The number of aromatic nitrogens is 3. The van der Waals surface area contributed by atoms with Gasteiger partial charge in [-0.15, -0.1) is 21.5 Å². The fourth-order valence-electron chi connectivity index (χ4n) is 4.65. The molecule has 1 aliphatic rings. The largest absolute Gasteiger partial charge is 0.419 e. The van der Waals surface area contributed by atoms with Crippen LogP contribution >= 0.6 is 11.3 Å². The topological polar surface area (TPSA) is 98.1 Å². The van der Waals surface area contributed by atoms with Crippen LogP contribution in [0, 0.1) is 13.8 Å². The maximum absolute atomic E-state index is 13.6. The summed E-state index contributed by atoms with van der Waals surface area (Å²) in [4.78, 5) is 20.1. The Morgan fingerprint density at radius 3 is 2.74 bits per heavy atom. The minimum Gasteiger partial charge on any atom is -0.419 e. The van der Waals surface area contributed by atoms with Gasteiger partial charge >= 0.3 is 0 Å². The molecule has 0 radical (unpaired) electrons. The minimum absolute atomic E-state index is 0.00205. The third-order valence-electron chi connectivity index (χ3n) is 6.33. The van der Waals surface area contributed by atoms with Crippen LogP contribution in [0.15, 0.2) is 58.3 Å². The lowest BCUT2D eigenvalue weighted by molar-refractivity contribution is 0.0735. The summed E-state index contributed by atoms with van der Waals surface area (Å²) in [7, 11) is 0. The molecule has 1 aliphatic heterocycles. The molecule has 5 rings (SSSR count). The standard InChI is InChI=1S/C27H29N5O2S/c1-17-12-20(23-30-31-26(34-23)27(3,28)15-19-8-5-4-6-9-19)14-21(13-17)25(33)32-11-7-10-22(32)24-29-18(2)16-35-24/h4-6,8-9,12-14,16,22H,7,10-11,15,28H2,1-3H3/t22-,27-/m1/s1. The van der Waals surface area contributed by atoms with Gasteiger partial charge in [0, 0.05) is 28.7 Å². The number of amides is 1. The van der Waals surface area contributed by atoms with Crippen molar-refractivity contribution in [1.29, 1.82) is 0 Å². The number of nitrogens with two attached hydrogens (primary N) is 1. The number of likely N-dealkylation sites (tertiary alicyclic amines) is 1. The molecule has 1 amide bonds. The Kier molecular flexibility index (Phi) is 6.25. The van der Waals surface area contributed by atoms with Gasteiger partial charge in [-0.3, -0.25) is 4.79 Å². The highest BCUT2D eigenvalue weighted by Crippen LogP contribution is 2.35. The fourth-order valence-corrected chi connectivity index (χ4v) is 5.60. The van der Waals surface area contributed by atoms with Crippen LogP contribution in [0.5, 0.6) is 0 Å². The fraction of sp³-hybridized carbons (Fsp3) is 0.333. The van der Waals surface area contributed by atoms with Crippen LogP contribution in [0.1, 0.15) is 63.9 Å². The molecule has 0 unspecified atom stereocenters. The molecule has 180 valence electrons. The summed E-state index contributed by atoms with van der Waals surface area (Å²) in [5.74, 6) is 0.721. The van der Waals surface area contributed by atoms with Crippen molar-refractivity contribution in [2.75, 3.05) is 6.54 Å². The van der Waals surface area contributed by atoms with Crippen molar-refractivity contribution in [2.24, 2.45) is 5.73 Å². The van der Waals surface area contributed by atoms with Crippen molar-refractivity contribution in [3.63, 3.8) is 0 Å². The van der Waals surface area contributed by atoms with Crippen molar-refractivity contribution in [1.82, 2.24) is 20.1 Å². The molecule has 0 saturated carbocycles. The number of nitrogens with zero attached hydrogens (tertiary/aromatic N) is 4. The van der Waals surface area contributed by atoms with E-state index in [-0.39, 0.29) is 11.9 Å². The number of rotatable bonds is 6. The van der Waals surface area contributed by atoms with Crippen molar-refractivity contribution >= 4 is 17.2 Å². The van der Waals surface area contributed by atoms with Crippen LogP contribution in [-0.4, -0.2) is 32.5 Å². The zero-order chi connectivity index (χ0) is 24.6. The third kappa shape index (κ3) is 4.90. The molecule has 0 spiro atoms. The minimum atomic E-state index is -0.816. The number of aryl methyl sites for hydroxylation is 2. The Balaban J connectivity index is 1.40. The van der Waals surface area contributed by atoms with Crippen molar-refractivity contribution in [2.45, 2.75) is 51.6 Å². The van der Waals surface area contributed by atoms with Gasteiger partial charge in [0.15, 0.2) is 0 Å². The highest BCUT2D eigenvalue weighted by atomic mass is 32.1. The smallest absolute Gasteiger partial charge is 0.254 e. The molecular weight excluding hydrogens is 458 g/mol. The van der Waals surface area contributed by atoms with Gasteiger partial charge in [0.25, 0.3) is 5.91 Å². The average Bonchev–Trinajstić information content (AvgIpc) is 3.59. The van der Waals surface area contributed by atoms with Crippen molar-refractivity contribution in [3.8, 4) is 11.5 Å². The molecule has 1 fully saturated rings. The van der Waals surface area contributed by atoms with Gasteiger partial charge in [0.05, 0.1) is 11.6 Å². The first-order valence-electron chi connectivity index (χ1n) is 11.8. The lowest BCUT2D eigenvalue weighted by Gasteiger charge is -2.23. The summed E-state index contributed by atoms with van der Waals surface area (Å²) < 4.78 is 6.03. The second kappa shape index (κ2) is 9.36. The SMILES string of the molecule is Cc1cc(C(=O)N2CCC[C@@H]2c2nc(C)cs2)cc(-c2nnc([C@](C)(N)Cc3ccccc3)o2)c1. The predicted octanol–water partition coefficient (Wildman–Crippen LogP) is 5.20. The summed E-state index contributed by atoms with van der Waals surface area (Å²) in [5, 5.41) is 11.6. The van der Waals surface area contributed by atoms with E-state index in [1.807, 2.05) is 79.6 Å². The van der Waals surface area contributed by atoms with Gasteiger partial charge in [-0.25, -0.2) is 4.98 Å². The predicted molar refractivity (Wildman–Crippen MR) is 136 cm³/mol. The van der Waals surface area contributed by atoms with Crippen LogP contribution in [-0.2, 0) is 12.0 Å². The second-order valence-corrected chi connectivity index (χ2v) is 10.5. The molecule has 0 bridgehead atoms. The number of hydrogen-bond donors (Lipinski definition) is 1. The zero-order valence-electron chi connectivity index (χ0n) is 20.2. The molecule has 0 aliphatic carbocycles. The van der Waals surface area contributed by atoms with E-state index in [1.54, 1.807) is 11.3 Å². The number of hydrogen-bond acceptors (Lipinski definition) is 7. The van der Waals surface area contributed by atoms with Crippen LogP contribution in [0.25, 0.3) is 11.5 Å². The first-order chi connectivity index (χ1) is 16.8. The van der Waals surface area contributed by atoms with Gasteiger partial charge in [0.1, 0.15) is 5.01 Å². The summed E-state index contributed by atoms with van der Waals surface area (Å²) in [5.41, 5.74) is 10.1. The first kappa shape index (κ1) is 23.4. The normalized spacial score (nSPS) is 17.5. The molecule has 2 aromatic heterocycles. The maximum atomic E-state index is 13.6. The first-order valence-corrected chi connectivity index (χ1v) is 12.7. The molecule has 2 atom stereocenters. The Hall–Kier alpha value is -3.36. The summed E-state index contributed by atoms with van der Waals surface area (Å²) in [6, 6.07) is 15.7. The van der Waals surface area contributed by atoms with Gasteiger partial charge in [0.2, 0.25) is 11.8 Å². The van der Waals surface area contributed by atoms with E-state index in [4.69, 9.17) is 10.2 Å². The number of thiazole rings is 1. The van der Waals surface area contributed by atoms with Gasteiger partial charge in [-0.05, 0) is 69.4 Å². The molecule has 2 aromatic carbocycles. The second-order valence-electron chi connectivity index (χ2n) is 9.56. The molecule has 7 nitrogen and oxygen atoms in total. The molecule has 8 heteroatoms. The van der Waals surface area contributed by atoms with E-state index in [0.29, 0.717) is 29.3 Å². The van der Waals surface area contributed by atoms with Crippen LogP contribution < -0.4 is 5.73 Å². The van der Waals surface area contributed by atoms with E-state index in [2.05, 4.69) is 15.2 Å². The van der Waals surface area contributed by atoms with E-state index in [0.717, 1.165) is 41.2 Å². The molecular formula is C27H29N5O2S. The molecule has 1 saturated heterocycles. The lowest BCUT2D eigenvalue weighted by atomic mass is 9.94. The highest BCUT2D eigenvalue weighted by molar-refractivity contribution is 7.09. The quantitative estimate of drug-likeness (QED) is 0.401. The van der Waals surface area contributed by atoms with Crippen LogP contribution in [0.2, 0.25) is 0 Å². The summed E-state index contributed by atoms with van der Waals surface area (Å²) in [6.07, 6.45) is 2.47. The highest BCUT2D eigenvalue weighted by Gasteiger charge is 2.33. The van der Waals surface area contributed by atoms with E-state index < -0.39 is 5.54 Å². The maximum Gasteiger partial charge on any atom is 0.254 e. The Morgan fingerprint density at radius 1 is 1.20 bits per heavy atom. The van der Waals surface area contributed by atoms with Crippen LogP contribution in [0.3, 0.4) is 0 Å². The van der Waals surface area contributed by atoms with Gasteiger partial charge < -0.3 is 15.1 Å². The van der Waals surface area contributed by atoms with Crippen LogP contribution in [0.4, 0.5) is 0 Å². The summed E-state index contributed by atoms with van der Waals surface area (Å²) >= 11 is 1.62. The third-order valence-corrected chi connectivity index (χ3v) is 7.40. The Bertz CT molecular complexity index is 1340. The van der Waals surface area contributed by atoms with E-state index in [1.165, 1.54) is 0 Å². The molecule has 3 heterocycles. The number of carbonyl (C=O) groups is 1. The number of benzene rings is 2. The van der Waals surface area contributed by atoms with Crippen molar-refractivity contribution in [3.05, 3.63) is 87.2 Å². The molecule has 2 N–H and O–H groups in total. The monoisotopic (exact) mass is 487 g/mol. The van der Waals surface area contributed by atoms with Crippen molar-refractivity contribution < 1.29 is 9.21 Å². The van der Waals surface area contributed by atoms with Gasteiger partial charge in [-0.2, -0.15) is 0 Å². The summed E-state index contributed by atoms with van der Waals surface area (Å²) in [6.45, 7) is 6.56. The lowest BCUT2D eigenvalue weighted by Crippen LogP contribution is -2.35. The Labute approximate surface area is 209 Å². The van der Waals surface area contributed by atoms with E-state index in [9.17, 15) is 4.79 Å². The number of carbonyl (C=O) groups excluding carboxylic acids is 1. The van der Waals surface area contributed by atoms with Gasteiger partial charge in [-0.1, -0.05) is 30.3 Å². The molecule has 4 aromatic rings. The zero-order valence-corrected chi connectivity index (χ0v) is 21.0. The average molecular weight is 488 g/mol. The molecule has 35 heavy (non-hydrogen) atoms. The van der Waals surface area contributed by atoms with E-state index >= 15 is 0 Å².